The first-order valence-electron chi connectivity index (χ1n) is 7.02. The smallest absolute Gasteiger partial charge is 0.254 e. The number of hydrogen-bond donors (Lipinski definition) is 0. The Kier molecular flexibility index (Phi) is 4.71. The fraction of sp³-hybridized carbons (Fsp3) is 0.118. The maximum Gasteiger partial charge on any atom is 0.254 e. The molecule has 1 amide bonds. The van der Waals surface area contributed by atoms with Crippen LogP contribution < -0.4 is 0 Å². The number of hydrogen-bond acceptors (Lipinski definition) is 4. The predicted molar refractivity (Wildman–Crippen MR) is 94.7 cm³/mol. The largest absolute Gasteiger partial charge is 0.419 e. The van der Waals surface area contributed by atoms with Crippen molar-refractivity contribution in [3.8, 4) is 11.5 Å². The van der Waals surface area contributed by atoms with E-state index in [-0.39, 0.29) is 12.5 Å². The van der Waals surface area contributed by atoms with E-state index in [1.165, 1.54) is 0 Å². The topological polar surface area (TPSA) is 59.2 Å². The first kappa shape index (κ1) is 15.7. The molecule has 116 valence electrons. The van der Waals surface area contributed by atoms with Crippen molar-refractivity contribution in [1.82, 2.24) is 15.1 Å². The zero-order valence-electron chi connectivity index (χ0n) is 12.4. The number of benzene rings is 2. The van der Waals surface area contributed by atoms with Crippen LogP contribution in [-0.2, 0) is 6.54 Å². The third-order valence-electron chi connectivity index (χ3n) is 3.30. The number of carbonyl (C=O) groups excluding carboxylic acids is 1. The summed E-state index contributed by atoms with van der Waals surface area (Å²) in [5.74, 6) is 0.779. The van der Waals surface area contributed by atoms with Gasteiger partial charge in [0.15, 0.2) is 0 Å². The highest BCUT2D eigenvalue weighted by Gasteiger charge is 2.15. The van der Waals surface area contributed by atoms with Crippen LogP contribution in [0.2, 0.25) is 0 Å². The molecule has 2 aromatic carbocycles. The van der Waals surface area contributed by atoms with Gasteiger partial charge in [-0.2, -0.15) is 0 Å². The summed E-state index contributed by atoms with van der Waals surface area (Å²) in [6, 6.07) is 17.0. The first-order valence-corrected chi connectivity index (χ1v) is 8.10. The van der Waals surface area contributed by atoms with Crippen LogP contribution in [-0.4, -0.2) is 28.1 Å². The average Bonchev–Trinajstić information content (AvgIpc) is 3.04. The van der Waals surface area contributed by atoms with Gasteiger partial charge in [-0.1, -0.05) is 18.2 Å². The molecule has 23 heavy (non-hydrogen) atoms. The second-order valence-corrected chi connectivity index (χ2v) is 6.28. The van der Waals surface area contributed by atoms with E-state index in [0.29, 0.717) is 17.3 Å². The number of aromatic nitrogens is 2. The molecule has 0 N–H and O–H groups in total. The highest BCUT2D eigenvalue weighted by Crippen LogP contribution is 2.18. The normalized spacial score (nSPS) is 10.5. The summed E-state index contributed by atoms with van der Waals surface area (Å²) < 4.78 is 6.72. The minimum absolute atomic E-state index is 0.0825. The Balaban J connectivity index is 1.71. The molecule has 3 aromatic rings. The number of amides is 1. The van der Waals surface area contributed by atoms with Gasteiger partial charge in [0, 0.05) is 21.7 Å². The van der Waals surface area contributed by atoms with E-state index < -0.39 is 0 Å². The van der Waals surface area contributed by atoms with Gasteiger partial charge in [0.25, 0.3) is 5.91 Å². The molecule has 0 aliphatic carbocycles. The van der Waals surface area contributed by atoms with Crippen LogP contribution in [0.1, 0.15) is 16.2 Å². The van der Waals surface area contributed by atoms with E-state index >= 15 is 0 Å². The third kappa shape index (κ3) is 3.76. The summed E-state index contributed by atoms with van der Waals surface area (Å²) in [4.78, 5) is 13.9. The fourth-order valence-electron chi connectivity index (χ4n) is 2.10. The van der Waals surface area contributed by atoms with Gasteiger partial charge in [0.05, 0.1) is 6.54 Å². The SMILES string of the molecule is CN(Cc1nnc(-c2ccccc2)o1)C(=O)c1ccc(I)cc1. The lowest BCUT2D eigenvalue weighted by Gasteiger charge is -2.14. The summed E-state index contributed by atoms with van der Waals surface area (Å²) >= 11 is 2.21. The van der Waals surface area contributed by atoms with Crippen LogP contribution >= 0.6 is 22.6 Å². The number of nitrogens with zero attached hydrogens (tertiary/aromatic N) is 3. The summed E-state index contributed by atoms with van der Waals surface area (Å²) in [7, 11) is 1.71. The van der Waals surface area contributed by atoms with Gasteiger partial charge in [0.2, 0.25) is 11.8 Å². The molecule has 1 aromatic heterocycles. The van der Waals surface area contributed by atoms with Crippen molar-refractivity contribution < 1.29 is 9.21 Å². The predicted octanol–water partition coefficient (Wildman–Crippen LogP) is 3.61. The molecule has 5 nitrogen and oxygen atoms in total. The van der Waals surface area contributed by atoms with Gasteiger partial charge in [-0.3, -0.25) is 4.79 Å². The molecule has 0 saturated heterocycles. The molecule has 1 heterocycles. The molecule has 0 fully saturated rings. The Morgan fingerprint density at radius 3 is 2.48 bits per heavy atom. The summed E-state index contributed by atoms with van der Waals surface area (Å²) in [5.41, 5.74) is 1.49. The summed E-state index contributed by atoms with van der Waals surface area (Å²) in [6.45, 7) is 0.269. The van der Waals surface area contributed by atoms with Crippen LogP contribution in [0.15, 0.2) is 59.0 Å². The van der Waals surface area contributed by atoms with Gasteiger partial charge in [-0.05, 0) is 59.0 Å². The van der Waals surface area contributed by atoms with Crippen molar-refractivity contribution in [2.24, 2.45) is 0 Å². The third-order valence-corrected chi connectivity index (χ3v) is 4.02. The van der Waals surface area contributed by atoms with Crippen LogP contribution in [0.5, 0.6) is 0 Å². The second-order valence-electron chi connectivity index (χ2n) is 5.04. The van der Waals surface area contributed by atoms with Crippen LogP contribution in [0.25, 0.3) is 11.5 Å². The lowest BCUT2D eigenvalue weighted by atomic mass is 10.2. The average molecular weight is 419 g/mol. The minimum atomic E-state index is -0.0825. The van der Waals surface area contributed by atoms with Gasteiger partial charge in [-0.25, -0.2) is 0 Å². The molecule has 0 aliphatic heterocycles. The van der Waals surface area contributed by atoms with Gasteiger partial charge in [-0.15, -0.1) is 10.2 Å². The minimum Gasteiger partial charge on any atom is -0.419 e. The maximum atomic E-state index is 12.4. The van der Waals surface area contributed by atoms with Gasteiger partial charge in [0.1, 0.15) is 0 Å². The van der Waals surface area contributed by atoms with E-state index in [4.69, 9.17) is 4.42 Å². The molecular formula is C17H14IN3O2. The van der Waals surface area contributed by atoms with Crippen LogP contribution in [0, 0.1) is 3.57 Å². The van der Waals surface area contributed by atoms with Gasteiger partial charge >= 0.3 is 0 Å². The van der Waals surface area contributed by atoms with Crippen molar-refractivity contribution in [1.29, 1.82) is 0 Å². The zero-order chi connectivity index (χ0) is 16.2. The molecule has 0 spiro atoms. The van der Waals surface area contributed by atoms with E-state index in [1.54, 1.807) is 11.9 Å². The van der Waals surface area contributed by atoms with Crippen molar-refractivity contribution in [2.75, 3.05) is 7.05 Å². The second kappa shape index (κ2) is 6.91. The zero-order valence-corrected chi connectivity index (χ0v) is 14.6. The molecule has 0 bridgehead atoms. The molecule has 0 radical (unpaired) electrons. The van der Waals surface area contributed by atoms with Crippen molar-refractivity contribution >= 4 is 28.5 Å². The standard InChI is InChI=1S/C17H14IN3O2/c1-21(17(22)13-7-9-14(18)10-8-13)11-15-19-20-16(23-15)12-5-3-2-4-6-12/h2-10H,11H2,1H3. The quantitative estimate of drug-likeness (QED) is 0.607. The van der Waals surface area contributed by atoms with E-state index in [2.05, 4.69) is 32.8 Å². The summed E-state index contributed by atoms with van der Waals surface area (Å²) in [6.07, 6.45) is 0. The molecule has 0 unspecified atom stereocenters. The molecule has 0 aliphatic rings. The first-order chi connectivity index (χ1) is 11.1. The number of halogens is 1. The monoisotopic (exact) mass is 419 g/mol. The Labute approximate surface area is 147 Å². The molecular weight excluding hydrogens is 405 g/mol. The Morgan fingerprint density at radius 1 is 1.09 bits per heavy atom. The summed E-state index contributed by atoms with van der Waals surface area (Å²) in [5, 5.41) is 8.04. The van der Waals surface area contributed by atoms with Gasteiger partial charge < -0.3 is 9.32 Å². The molecule has 0 atom stereocenters. The highest BCUT2D eigenvalue weighted by atomic mass is 127. The Morgan fingerprint density at radius 2 is 1.78 bits per heavy atom. The fourth-order valence-corrected chi connectivity index (χ4v) is 2.46. The maximum absolute atomic E-state index is 12.4. The van der Waals surface area contributed by atoms with Crippen molar-refractivity contribution in [3.63, 3.8) is 0 Å². The molecule has 6 heteroatoms. The van der Waals surface area contributed by atoms with Crippen molar-refractivity contribution in [3.05, 3.63) is 69.6 Å². The lowest BCUT2D eigenvalue weighted by molar-refractivity contribution is 0.0773. The van der Waals surface area contributed by atoms with Crippen LogP contribution in [0.3, 0.4) is 0 Å². The van der Waals surface area contributed by atoms with E-state index in [1.807, 2.05) is 54.6 Å². The number of carbonyl (C=O) groups is 1. The Bertz CT molecular complexity index is 800. The molecule has 3 rings (SSSR count). The van der Waals surface area contributed by atoms with E-state index in [0.717, 1.165) is 9.13 Å². The van der Waals surface area contributed by atoms with Crippen LogP contribution in [0.4, 0.5) is 0 Å². The number of rotatable bonds is 4. The van der Waals surface area contributed by atoms with E-state index in [9.17, 15) is 4.79 Å². The van der Waals surface area contributed by atoms with Crippen molar-refractivity contribution in [2.45, 2.75) is 6.54 Å². The molecule has 0 saturated carbocycles. The lowest BCUT2D eigenvalue weighted by Crippen LogP contribution is -2.26. The Hall–Kier alpha value is -2.22. The highest BCUT2D eigenvalue weighted by molar-refractivity contribution is 14.1.